The molecule has 0 aliphatic heterocycles. The quantitative estimate of drug-likeness (QED) is 0.311. The number of nitrogen functional groups attached to an aromatic ring is 1. The summed E-state index contributed by atoms with van der Waals surface area (Å²) in [6, 6.07) is 27.3. The fourth-order valence-corrected chi connectivity index (χ4v) is 4.81. The second-order valence-electron chi connectivity index (χ2n) is 8.61. The molecule has 0 bridgehead atoms. The molecule has 3 N–H and O–H groups in total. The molecule has 0 unspecified atom stereocenters. The Labute approximate surface area is 227 Å². The smallest absolute Gasteiger partial charge is 0.271 e. The lowest BCUT2D eigenvalue weighted by atomic mass is 10.1. The molecule has 9 nitrogen and oxygen atoms in total. The molecule has 0 aliphatic carbocycles. The first-order valence-electron chi connectivity index (χ1n) is 12.0. The van der Waals surface area contributed by atoms with E-state index < -0.39 is 0 Å². The van der Waals surface area contributed by atoms with Crippen LogP contribution in [0.4, 0.5) is 5.82 Å². The lowest BCUT2D eigenvalue weighted by Gasteiger charge is -2.12. The second-order valence-corrected chi connectivity index (χ2v) is 9.47. The SMILES string of the molecule is N#Cc1nc(C(=O)NCc2ccc(-n3c(-c4cccnc4N)nc4ccc(-c5ccccc5)nc43)cc2)cs1. The number of imidazole rings is 1. The van der Waals surface area contributed by atoms with E-state index in [4.69, 9.17) is 21.0 Å². The van der Waals surface area contributed by atoms with Gasteiger partial charge in [0.05, 0.1) is 11.3 Å². The highest BCUT2D eigenvalue weighted by molar-refractivity contribution is 7.10. The van der Waals surface area contributed by atoms with E-state index in [1.807, 2.05) is 89.5 Å². The Hall–Kier alpha value is -5.40. The Bertz CT molecular complexity index is 1850. The number of thiazole rings is 1. The van der Waals surface area contributed by atoms with Crippen LogP contribution in [0.3, 0.4) is 0 Å². The minimum atomic E-state index is -0.329. The lowest BCUT2D eigenvalue weighted by Crippen LogP contribution is -2.23. The molecule has 4 heterocycles. The molecule has 0 atom stereocenters. The van der Waals surface area contributed by atoms with Crippen LogP contribution in [0.25, 0.3) is 39.5 Å². The number of carbonyl (C=O) groups is 1. The van der Waals surface area contributed by atoms with Crippen molar-refractivity contribution in [1.29, 1.82) is 5.26 Å². The van der Waals surface area contributed by atoms with Gasteiger partial charge in [-0.05, 0) is 42.0 Å². The fourth-order valence-electron chi connectivity index (χ4n) is 4.22. The van der Waals surface area contributed by atoms with Gasteiger partial charge in [-0.15, -0.1) is 11.3 Å². The van der Waals surface area contributed by atoms with Crippen molar-refractivity contribution in [2.75, 3.05) is 5.73 Å². The zero-order valence-corrected chi connectivity index (χ0v) is 21.3. The average Bonchev–Trinajstić information content (AvgIpc) is 3.62. The zero-order chi connectivity index (χ0) is 26.8. The van der Waals surface area contributed by atoms with E-state index in [-0.39, 0.29) is 16.6 Å². The Balaban J connectivity index is 1.37. The summed E-state index contributed by atoms with van der Waals surface area (Å²) in [5.41, 5.74) is 12.2. The molecule has 0 aliphatic rings. The van der Waals surface area contributed by atoms with E-state index in [1.54, 1.807) is 11.6 Å². The second kappa shape index (κ2) is 10.2. The van der Waals surface area contributed by atoms with Crippen LogP contribution in [0.15, 0.2) is 90.4 Å². The fraction of sp³-hybridized carbons (Fsp3) is 0.0345. The van der Waals surface area contributed by atoms with Crippen LogP contribution in [-0.4, -0.2) is 30.4 Å². The Morgan fingerprint density at radius 2 is 1.79 bits per heavy atom. The minimum Gasteiger partial charge on any atom is -0.383 e. The number of pyridine rings is 2. The van der Waals surface area contributed by atoms with Gasteiger partial charge in [-0.1, -0.05) is 42.5 Å². The van der Waals surface area contributed by atoms with Gasteiger partial charge in [-0.2, -0.15) is 5.26 Å². The highest BCUT2D eigenvalue weighted by Crippen LogP contribution is 2.31. The molecule has 6 aromatic rings. The van der Waals surface area contributed by atoms with Crippen molar-refractivity contribution >= 4 is 34.2 Å². The summed E-state index contributed by atoms with van der Waals surface area (Å²) in [4.78, 5) is 30.5. The predicted molar refractivity (Wildman–Crippen MR) is 150 cm³/mol. The van der Waals surface area contributed by atoms with Crippen LogP contribution >= 0.6 is 11.3 Å². The Morgan fingerprint density at radius 3 is 2.54 bits per heavy atom. The van der Waals surface area contributed by atoms with Gasteiger partial charge in [0.1, 0.15) is 23.1 Å². The molecule has 6 rings (SSSR count). The molecule has 39 heavy (non-hydrogen) atoms. The molecule has 0 radical (unpaired) electrons. The maximum Gasteiger partial charge on any atom is 0.271 e. The number of hydrogen-bond donors (Lipinski definition) is 2. The summed E-state index contributed by atoms with van der Waals surface area (Å²) in [5.74, 6) is 0.675. The molecule has 1 amide bonds. The molecule has 0 saturated carbocycles. The van der Waals surface area contributed by atoms with Gasteiger partial charge in [0.25, 0.3) is 5.91 Å². The van der Waals surface area contributed by atoms with Gasteiger partial charge in [-0.25, -0.2) is 19.9 Å². The maximum absolute atomic E-state index is 12.4. The van der Waals surface area contributed by atoms with Crippen LogP contribution in [-0.2, 0) is 6.54 Å². The largest absolute Gasteiger partial charge is 0.383 e. The number of carbonyl (C=O) groups excluding carboxylic acids is 1. The van der Waals surface area contributed by atoms with Crippen molar-refractivity contribution < 1.29 is 4.79 Å². The number of fused-ring (bicyclic) bond motifs is 1. The van der Waals surface area contributed by atoms with Gasteiger partial charge in [0, 0.05) is 29.4 Å². The number of nitrogens with zero attached hydrogens (tertiary/aromatic N) is 6. The van der Waals surface area contributed by atoms with Crippen LogP contribution in [0.1, 0.15) is 21.1 Å². The van der Waals surface area contributed by atoms with Crippen molar-refractivity contribution in [2.45, 2.75) is 6.54 Å². The third-order valence-electron chi connectivity index (χ3n) is 6.13. The highest BCUT2D eigenvalue weighted by atomic mass is 32.1. The van der Waals surface area contributed by atoms with Gasteiger partial charge in [0.15, 0.2) is 16.5 Å². The molecule has 0 saturated heterocycles. The summed E-state index contributed by atoms with van der Waals surface area (Å²) in [7, 11) is 0. The molecule has 2 aromatic carbocycles. The van der Waals surface area contributed by atoms with E-state index in [0.29, 0.717) is 29.4 Å². The van der Waals surface area contributed by atoms with Crippen LogP contribution in [0.2, 0.25) is 0 Å². The number of aromatic nitrogens is 5. The van der Waals surface area contributed by atoms with E-state index >= 15 is 0 Å². The molecule has 10 heteroatoms. The third kappa shape index (κ3) is 4.70. The van der Waals surface area contributed by atoms with Crippen LogP contribution < -0.4 is 11.1 Å². The lowest BCUT2D eigenvalue weighted by molar-refractivity contribution is 0.0946. The zero-order valence-electron chi connectivity index (χ0n) is 20.4. The van der Waals surface area contributed by atoms with E-state index in [2.05, 4.69) is 15.3 Å². The number of nitrogens with one attached hydrogen (secondary N) is 1. The molecule has 0 spiro atoms. The van der Waals surface area contributed by atoms with Crippen molar-refractivity contribution in [3.8, 4) is 34.4 Å². The van der Waals surface area contributed by atoms with Crippen LogP contribution in [0.5, 0.6) is 0 Å². The van der Waals surface area contributed by atoms with Crippen molar-refractivity contribution in [1.82, 2.24) is 29.8 Å². The first-order valence-corrected chi connectivity index (χ1v) is 12.9. The van der Waals surface area contributed by atoms with Gasteiger partial charge in [0.2, 0.25) is 0 Å². The van der Waals surface area contributed by atoms with Crippen molar-refractivity contribution in [2.24, 2.45) is 0 Å². The summed E-state index contributed by atoms with van der Waals surface area (Å²) >= 11 is 1.14. The normalized spacial score (nSPS) is 10.8. The highest BCUT2D eigenvalue weighted by Gasteiger charge is 2.19. The molecule has 4 aromatic heterocycles. The van der Waals surface area contributed by atoms with Crippen molar-refractivity contribution in [3.05, 3.63) is 107 Å². The van der Waals surface area contributed by atoms with Crippen LogP contribution in [0, 0.1) is 11.3 Å². The van der Waals surface area contributed by atoms with E-state index in [0.717, 1.165) is 39.4 Å². The molecule has 188 valence electrons. The Kier molecular flexibility index (Phi) is 6.24. The summed E-state index contributed by atoms with van der Waals surface area (Å²) in [5, 5.41) is 13.6. The van der Waals surface area contributed by atoms with Gasteiger partial charge >= 0.3 is 0 Å². The molecule has 0 fully saturated rings. The monoisotopic (exact) mass is 528 g/mol. The third-order valence-corrected chi connectivity index (χ3v) is 6.88. The first-order chi connectivity index (χ1) is 19.1. The van der Waals surface area contributed by atoms with E-state index in [9.17, 15) is 4.79 Å². The number of nitriles is 1. The number of rotatable bonds is 6. The van der Waals surface area contributed by atoms with Gasteiger partial charge < -0.3 is 11.1 Å². The maximum atomic E-state index is 12.4. The van der Waals surface area contributed by atoms with Crippen molar-refractivity contribution in [3.63, 3.8) is 0 Å². The molecular formula is C29H20N8OS. The minimum absolute atomic E-state index is 0.233. The van der Waals surface area contributed by atoms with E-state index in [1.165, 1.54) is 0 Å². The standard InChI is InChI=1S/C29H20N8OS/c30-15-25-34-24(17-39-25)29(38)33-16-18-8-10-20(11-9-18)37-27(21-7-4-14-32-26(21)31)36-23-13-12-22(35-28(23)37)19-5-2-1-3-6-19/h1-14,17H,16H2,(H2,31,32)(H,33,38). The summed E-state index contributed by atoms with van der Waals surface area (Å²) in [6.45, 7) is 0.308. The first kappa shape index (κ1) is 24.0. The van der Waals surface area contributed by atoms with Gasteiger partial charge in [-0.3, -0.25) is 9.36 Å². The number of hydrogen-bond acceptors (Lipinski definition) is 8. The summed E-state index contributed by atoms with van der Waals surface area (Å²) in [6.07, 6.45) is 1.65. The Morgan fingerprint density at radius 1 is 0.974 bits per heavy atom. The molecular weight excluding hydrogens is 508 g/mol. The number of nitrogens with two attached hydrogens (primary N) is 1. The number of anilines is 1. The number of benzene rings is 2. The average molecular weight is 529 g/mol. The number of amides is 1. The summed E-state index contributed by atoms with van der Waals surface area (Å²) < 4.78 is 1.97. The predicted octanol–water partition coefficient (Wildman–Crippen LogP) is 4.99. The topological polar surface area (TPSA) is 135 Å².